The quantitative estimate of drug-likeness (QED) is 0.678. The predicted molar refractivity (Wildman–Crippen MR) is 72.4 cm³/mol. The zero-order valence-electron chi connectivity index (χ0n) is 9.79. The van der Waals surface area contributed by atoms with Gasteiger partial charge >= 0.3 is 0 Å². The number of nitrogens with one attached hydrogen (secondary N) is 1. The van der Waals surface area contributed by atoms with Gasteiger partial charge in [0.25, 0.3) is 0 Å². The van der Waals surface area contributed by atoms with E-state index in [1.807, 2.05) is 18.4 Å². The normalized spacial score (nSPS) is 10.7. The first-order valence-electron chi connectivity index (χ1n) is 5.30. The molecule has 0 aromatic carbocycles. The highest BCUT2D eigenvalue weighted by Gasteiger charge is 1.99. The second-order valence-corrected chi connectivity index (χ2v) is 4.25. The smallest absolute Gasteiger partial charge is 0.248 e. The molecule has 0 radical (unpaired) electrons. The third-order valence-corrected chi connectivity index (χ3v) is 2.81. The van der Waals surface area contributed by atoms with Crippen LogP contribution >= 0.6 is 11.8 Å². The molecule has 0 spiro atoms. The van der Waals surface area contributed by atoms with Crippen LogP contribution in [0, 0.1) is 0 Å². The van der Waals surface area contributed by atoms with Crippen molar-refractivity contribution in [3.63, 3.8) is 0 Å². The summed E-state index contributed by atoms with van der Waals surface area (Å²) in [6, 6.07) is 7.22. The topological polar surface area (TPSA) is 55.1 Å². The van der Waals surface area contributed by atoms with E-state index in [2.05, 4.69) is 10.3 Å². The lowest BCUT2D eigenvalue weighted by molar-refractivity contribution is -0.111. The summed E-state index contributed by atoms with van der Waals surface area (Å²) >= 11 is 1.55. The van der Waals surface area contributed by atoms with Gasteiger partial charge < -0.3 is 9.73 Å². The number of amides is 1. The number of nitrogens with zero attached hydrogens (tertiary/aromatic N) is 1. The molecular formula is C13H12N2O2S. The average molecular weight is 260 g/mol. The minimum absolute atomic E-state index is 0.217. The van der Waals surface area contributed by atoms with E-state index in [1.165, 1.54) is 6.08 Å². The summed E-state index contributed by atoms with van der Waals surface area (Å²) in [5.41, 5.74) is 0.668. The van der Waals surface area contributed by atoms with Crippen LogP contribution in [0.1, 0.15) is 5.76 Å². The van der Waals surface area contributed by atoms with Gasteiger partial charge in [0.2, 0.25) is 5.91 Å². The van der Waals surface area contributed by atoms with E-state index in [-0.39, 0.29) is 5.91 Å². The van der Waals surface area contributed by atoms with Crippen molar-refractivity contribution in [3.8, 4) is 0 Å². The van der Waals surface area contributed by atoms with Crippen molar-refractivity contribution >= 4 is 29.4 Å². The minimum atomic E-state index is -0.217. The molecule has 4 nitrogen and oxygen atoms in total. The van der Waals surface area contributed by atoms with Gasteiger partial charge in [-0.3, -0.25) is 4.79 Å². The molecule has 0 atom stereocenters. The summed E-state index contributed by atoms with van der Waals surface area (Å²) in [5, 5.41) is 3.63. The van der Waals surface area contributed by atoms with E-state index in [4.69, 9.17) is 4.42 Å². The number of furan rings is 1. The molecule has 0 aliphatic heterocycles. The molecule has 0 saturated heterocycles. The number of pyridine rings is 1. The van der Waals surface area contributed by atoms with Gasteiger partial charge in [0.15, 0.2) is 0 Å². The molecule has 0 bridgehead atoms. The average Bonchev–Trinajstić information content (AvgIpc) is 2.90. The van der Waals surface area contributed by atoms with Crippen LogP contribution in [-0.4, -0.2) is 17.1 Å². The first kappa shape index (κ1) is 12.4. The standard InChI is InChI=1S/C13H12N2O2S/c1-18-13-7-4-10(9-14-13)15-12(16)6-5-11-3-2-8-17-11/h2-9H,1H3,(H,15,16)/b6-5+. The van der Waals surface area contributed by atoms with Gasteiger partial charge in [0, 0.05) is 6.08 Å². The lowest BCUT2D eigenvalue weighted by Crippen LogP contribution is -2.07. The monoisotopic (exact) mass is 260 g/mol. The van der Waals surface area contributed by atoms with Gasteiger partial charge in [-0.25, -0.2) is 4.98 Å². The summed E-state index contributed by atoms with van der Waals surface area (Å²) in [6.45, 7) is 0. The van der Waals surface area contributed by atoms with Crippen LogP contribution in [0.5, 0.6) is 0 Å². The fourth-order valence-electron chi connectivity index (χ4n) is 1.30. The van der Waals surface area contributed by atoms with Crippen LogP contribution in [-0.2, 0) is 4.79 Å². The van der Waals surface area contributed by atoms with Crippen LogP contribution in [0.3, 0.4) is 0 Å². The van der Waals surface area contributed by atoms with Crippen LogP contribution in [0.25, 0.3) is 6.08 Å². The molecule has 2 aromatic rings. The Morgan fingerprint density at radius 1 is 1.44 bits per heavy atom. The molecule has 0 aliphatic carbocycles. The number of rotatable bonds is 4. The number of anilines is 1. The Labute approximate surface area is 109 Å². The second kappa shape index (κ2) is 6.07. The van der Waals surface area contributed by atoms with Gasteiger partial charge in [-0.2, -0.15) is 0 Å². The number of carbonyl (C=O) groups excluding carboxylic acids is 1. The molecule has 0 aliphatic rings. The maximum absolute atomic E-state index is 11.6. The highest BCUT2D eigenvalue weighted by molar-refractivity contribution is 7.98. The number of thioether (sulfide) groups is 1. The van der Waals surface area contributed by atoms with Crippen molar-refractivity contribution in [2.24, 2.45) is 0 Å². The summed E-state index contributed by atoms with van der Waals surface area (Å²) < 4.78 is 5.08. The Morgan fingerprint density at radius 2 is 2.33 bits per heavy atom. The largest absolute Gasteiger partial charge is 0.465 e. The van der Waals surface area contributed by atoms with E-state index in [0.717, 1.165) is 5.03 Å². The van der Waals surface area contributed by atoms with Gasteiger partial charge in [-0.05, 0) is 36.6 Å². The highest BCUT2D eigenvalue weighted by Crippen LogP contribution is 2.13. The summed E-state index contributed by atoms with van der Waals surface area (Å²) in [7, 11) is 0. The molecular weight excluding hydrogens is 248 g/mol. The van der Waals surface area contributed by atoms with Crippen LogP contribution in [0.2, 0.25) is 0 Å². The Morgan fingerprint density at radius 3 is 2.94 bits per heavy atom. The number of hydrogen-bond donors (Lipinski definition) is 1. The van der Waals surface area contributed by atoms with Crippen LogP contribution < -0.4 is 5.32 Å². The van der Waals surface area contributed by atoms with Crippen LogP contribution in [0.15, 0.2) is 52.2 Å². The van der Waals surface area contributed by atoms with Gasteiger partial charge in [-0.1, -0.05) is 0 Å². The molecule has 0 unspecified atom stereocenters. The van der Waals surface area contributed by atoms with E-state index in [9.17, 15) is 4.79 Å². The van der Waals surface area contributed by atoms with Crippen molar-refractivity contribution in [1.82, 2.24) is 4.98 Å². The third kappa shape index (κ3) is 3.49. The number of hydrogen-bond acceptors (Lipinski definition) is 4. The fourth-order valence-corrected chi connectivity index (χ4v) is 1.67. The first-order chi connectivity index (χ1) is 8.78. The van der Waals surface area contributed by atoms with Crippen molar-refractivity contribution in [2.45, 2.75) is 5.03 Å². The third-order valence-electron chi connectivity index (χ3n) is 2.16. The van der Waals surface area contributed by atoms with Crippen molar-refractivity contribution in [3.05, 3.63) is 48.6 Å². The molecule has 2 rings (SSSR count). The van der Waals surface area contributed by atoms with Crippen molar-refractivity contribution in [2.75, 3.05) is 11.6 Å². The van der Waals surface area contributed by atoms with Gasteiger partial charge in [0.05, 0.1) is 23.2 Å². The molecule has 2 aromatic heterocycles. The minimum Gasteiger partial charge on any atom is -0.465 e. The zero-order chi connectivity index (χ0) is 12.8. The molecule has 0 saturated carbocycles. The molecule has 2 heterocycles. The van der Waals surface area contributed by atoms with Gasteiger partial charge in [0.1, 0.15) is 5.76 Å². The molecule has 1 amide bonds. The van der Waals surface area contributed by atoms with Crippen molar-refractivity contribution < 1.29 is 9.21 Å². The Hall–Kier alpha value is -2.01. The second-order valence-electron chi connectivity index (χ2n) is 3.43. The number of carbonyl (C=O) groups is 1. The Balaban J connectivity index is 1.94. The summed E-state index contributed by atoms with van der Waals surface area (Å²) in [6.07, 6.45) is 8.17. The molecule has 1 N–H and O–H groups in total. The lowest BCUT2D eigenvalue weighted by atomic mass is 10.3. The Bertz CT molecular complexity index is 533. The summed E-state index contributed by atoms with van der Waals surface area (Å²) in [5.74, 6) is 0.422. The maximum Gasteiger partial charge on any atom is 0.248 e. The first-order valence-corrected chi connectivity index (χ1v) is 6.53. The predicted octanol–water partition coefficient (Wildman–Crippen LogP) is 3.05. The number of aromatic nitrogens is 1. The van der Waals surface area contributed by atoms with Crippen LogP contribution in [0.4, 0.5) is 5.69 Å². The SMILES string of the molecule is CSc1ccc(NC(=O)/C=C/c2ccco2)cn1. The van der Waals surface area contributed by atoms with Gasteiger partial charge in [-0.15, -0.1) is 11.8 Å². The van der Waals surface area contributed by atoms with Crippen molar-refractivity contribution in [1.29, 1.82) is 0 Å². The summed E-state index contributed by atoms with van der Waals surface area (Å²) in [4.78, 5) is 15.8. The molecule has 0 fully saturated rings. The zero-order valence-corrected chi connectivity index (χ0v) is 10.6. The highest BCUT2D eigenvalue weighted by atomic mass is 32.2. The van der Waals surface area contributed by atoms with E-state index >= 15 is 0 Å². The lowest BCUT2D eigenvalue weighted by Gasteiger charge is -2.01. The van der Waals surface area contributed by atoms with E-state index in [1.54, 1.807) is 42.4 Å². The molecule has 18 heavy (non-hydrogen) atoms. The Kier molecular flexibility index (Phi) is 4.20. The maximum atomic E-state index is 11.6. The fraction of sp³-hybridized carbons (Fsp3) is 0.0769. The molecule has 5 heteroatoms. The van der Waals surface area contributed by atoms with E-state index < -0.39 is 0 Å². The molecule has 92 valence electrons. The van der Waals surface area contributed by atoms with E-state index in [0.29, 0.717) is 11.4 Å².